The minimum Gasteiger partial charge on any atom is -0.370 e. The van der Waals surface area contributed by atoms with E-state index in [9.17, 15) is 8.42 Å². The van der Waals surface area contributed by atoms with Gasteiger partial charge in [-0.25, -0.2) is 13.4 Å². The highest BCUT2D eigenvalue weighted by atomic mass is 127. The van der Waals surface area contributed by atoms with Gasteiger partial charge in [-0.2, -0.15) is 4.31 Å². The summed E-state index contributed by atoms with van der Waals surface area (Å²) in [5, 5.41) is 3.32. The molecule has 1 heterocycles. The molecule has 9 heteroatoms. The van der Waals surface area contributed by atoms with Gasteiger partial charge in [-0.05, 0) is 31.5 Å². The zero-order valence-electron chi connectivity index (χ0n) is 17.2. The first-order valence-corrected chi connectivity index (χ1v) is 11.7. The maximum absolute atomic E-state index is 13.1. The maximum Gasteiger partial charge on any atom is 0.243 e. The van der Waals surface area contributed by atoms with Crippen LogP contribution in [-0.2, 0) is 16.6 Å². The lowest BCUT2D eigenvalue weighted by atomic mass is 10.1. The number of halogens is 1. The highest BCUT2D eigenvalue weighted by Gasteiger charge is 2.29. The van der Waals surface area contributed by atoms with Crippen LogP contribution in [0.3, 0.4) is 0 Å². The molecule has 1 saturated carbocycles. The third-order valence-electron chi connectivity index (χ3n) is 5.68. The number of aliphatic imine (C=N–C) groups is 1. The SMILES string of the molecule is CN1CCN(S(=O)(=O)c2ccccc2CN=C(N)NC2CCCCCC2)CC1.I. The summed E-state index contributed by atoms with van der Waals surface area (Å²) in [6.45, 7) is 2.79. The van der Waals surface area contributed by atoms with Crippen LogP contribution in [0.15, 0.2) is 34.2 Å². The first-order chi connectivity index (χ1) is 13.5. The van der Waals surface area contributed by atoms with Gasteiger partial charge in [0.1, 0.15) is 0 Å². The van der Waals surface area contributed by atoms with E-state index >= 15 is 0 Å². The molecule has 1 saturated heterocycles. The van der Waals surface area contributed by atoms with Crippen molar-refractivity contribution in [2.75, 3.05) is 33.2 Å². The van der Waals surface area contributed by atoms with Crippen molar-refractivity contribution in [3.63, 3.8) is 0 Å². The fraction of sp³-hybridized carbons (Fsp3) is 0.650. The van der Waals surface area contributed by atoms with Crippen molar-refractivity contribution in [1.29, 1.82) is 0 Å². The van der Waals surface area contributed by atoms with Gasteiger partial charge in [0.25, 0.3) is 0 Å². The first-order valence-electron chi connectivity index (χ1n) is 10.3. The molecule has 3 rings (SSSR count). The summed E-state index contributed by atoms with van der Waals surface area (Å²) in [5.41, 5.74) is 6.78. The zero-order chi connectivity index (χ0) is 20.0. The van der Waals surface area contributed by atoms with Gasteiger partial charge < -0.3 is 16.0 Å². The minimum absolute atomic E-state index is 0. The quantitative estimate of drug-likeness (QED) is 0.262. The zero-order valence-corrected chi connectivity index (χ0v) is 20.4. The van der Waals surface area contributed by atoms with Crippen molar-refractivity contribution in [3.05, 3.63) is 29.8 Å². The average Bonchev–Trinajstić information content (AvgIpc) is 2.95. The van der Waals surface area contributed by atoms with Gasteiger partial charge in [-0.3, -0.25) is 0 Å². The molecular weight excluding hydrogens is 501 g/mol. The Morgan fingerprint density at radius 2 is 1.72 bits per heavy atom. The second-order valence-corrected chi connectivity index (χ2v) is 9.76. The number of nitrogens with zero attached hydrogens (tertiary/aromatic N) is 3. The molecule has 0 atom stereocenters. The second-order valence-electron chi connectivity index (χ2n) is 7.85. The second kappa shape index (κ2) is 11.5. The molecule has 0 radical (unpaired) electrons. The number of hydrogen-bond donors (Lipinski definition) is 2. The summed E-state index contributed by atoms with van der Waals surface area (Å²) in [4.78, 5) is 6.92. The fourth-order valence-electron chi connectivity index (χ4n) is 3.90. The van der Waals surface area contributed by atoms with Crippen molar-refractivity contribution >= 4 is 40.0 Å². The topological polar surface area (TPSA) is 91.0 Å². The molecule has 1 aromatic rings. The van der Waals surface area contributed by atoms with Crippen LogP contribution in [0.25, 0.3) is 0 Å². The molecule has 0 amide bonds. The number of piperazine rings is 1. The number of guanidine groups is 1. The summed E-state index contributed by atoms with van der Waals surface area (Å²) < 4.78 is 27.8. The molecule has 0 spiro atoms. The van der Waals surface area contributed by atoms with Crippen LogP contribution in [-0.4, -0.2) is 62.9 Å². The van der Waals surface area contributed by atoms with Gasteiger partial charge >= 0.3 is 0 Å². The molecule has 29 heavy (non-hydrogen) atoms. The van der Waals surface area contributed by atoms with Crippen molar-refractivity contribution in [3.8, 4) is 0 Å². The number of likely N-dealkylation sites (N-methyl/N-ethyl adjacent to an activating group) is 1. The lowest BCUT2D eigenvalue weighted by Crippen LogP contribution is -2.47. The molecule has 0 aromatic heterocycles. The van der Waals surface area contributed by atoms with Crippen LogP contribution in [0.5, 0.6) is 0 Å². The van der Waals surface area contributed by atoms with E-state index in [0.29, 0.717) is 35.5 Å². The molecule has 0 bridgehead atoms. The standard InChI is InChI=1S/C20H33N5O2S.HI/c1-24-12-14-25(15-13-24)28(26,27)19-11-7-6-8-17(19)16-22-20(21)23-18-9-4-2-3-5-10-18;/h6-8,11,18H,2-5,9-10,12-16H2,1H3,(H3,21,22,23);1H. The van der Waals surface area contributed by atoms with E-state index in [1.807, 2.05) is 19.2 Å². The van der Waals surface area contributed by atoms with Gasteiger partial charge in [-0.15, -0.1) is 24.0 Å². The molecule has 2 fully saturated rings. The highest BCUT2D eigenvalue weighted by molar-refractivity contribution is 14.0. The molecule has 164 valence electrons. The fourth-order valence-corrected chi connectivity index (χ4v) is 5.54. The Labute approximate surface area is 192 Å². The maximum atomic E-state index is 13.1. The van der Waals surface area contributed by atoms with Crippen molar-refractivity contribution < 1.29 is 8.42 Å². The summed E-state index contributed by atoms with van der Waals surface area (Å²) in [5.74, 6) is 0.402. The molecular formula is C20H34IN5O2S. The van der Waals surface area contributed by atoms with Gasteiger partial charge in [0.05, 0.1) is 11.4 Å². The molecule has 1 aromatic carbocycles. The Hall–Kier alpha value is -0.910. The number of hydrogen-bond acceptors (Lipinski definition) is 4. The lowest BCUT2D eigenvalue weighted by Gasteiger charge is -2.32. The highest BCUT2D eigenvalue weighted by Crippen LogP contribution is 2.22. The van der Waals surface area contributed by atoms with Crippen LogP contribution in [0.4, 0.5) is 0 Å². The Bertz CT molecular complexity index is 771. The van der Waals surface area contributed by atoms with E-state index in [-0.39, 0.29) is 30.5 Å². The van der Waals surface area contributed by atoms with Gasteiger partial charge in [0.15, 0.2) is 5.96 Å². The van der Waals surface area contributed by atoms with Crippen LogP contribution in [0, 0.1) is 0 Å². The van der Waals surface area contributed by atoms with Crippen LogP contribution < -0.4 is 11.1 Å². The average molecular weight is 535 g/mol. The summed E-state index contributed by atoms with van der Waals surface area (Å²) in [7, 11) is -1.51. The monoisotopic (exact) mass is 535 g/mol. The normalized spacial score (nSPS) is 20.7. The Kier molecular flexibility index (Phi) is 9.64. The lowest BCUT2D eigenvalue weighted by molar-refractivity contribution is 0.222. The molecule has 1 aliphatic carbocycles. The number of sulfonamides is 1. The summed E-state index contributed by atoms with van der Waals surface area (Å²) in [6, 6.07) is 7.49. The van der Waals surface area contributed by atoms with E-state index in [1.165, 1.54) is 25.7 Å². The third-order valence-corrected chi connectivity index (χ3v) is 7.68. The summed E-state index contributed by atoms with van der Waals surface area (Å²) in [6.07, 6.45) is 7.24. The van der Waals surface area contributed by atoms with Crippen LogP contribution >= 0.6 is 24.0 Å². The van der Waals surface area contributed by atoms with Gasteiger partial charge in [-0.1, -0.05) is 43.9 Å². The van der Waals surface area contributed by atoms with E-state index in [4.69, 9.17) is 5.73 Å². The largest absolute Gasteiger partial charge is 0.370 e. The van der Waals surface area contributed by atoms with E-state index in [0.717, 1.165) is 25.9 Å². The third kappa shape index (κ3) is 6.80. The Morgan fingerprint density at radius 3 is 2.38 bits per heavy atom. The van der Waals surface area contributed by atoms with Crippen molar-refractivity contribution in [2.45, 2.75) is 56.0 Å². The molecule has 2 aliphatic rings. The van der Waals surface area contributed by atoms with Gasteiger partial charge in [0, 0.05) is 32.2 Å². The predicted molar refractivity (Wildman–Crippen MR) is 128 cm³/mol. The van der Waals surface area contributed by atoms with Crippen LogP contribution in [0.2, 0.25) is 0 Å². The van der Waals surface area contributed by atoms with E-state index < -0.39 is 10.0 Å². The van der Waals surface area contributed by atoms with E-state index in [1.54, 1.807) is 16.4 Å². The minimum atomic E-state index is -3.52. The van der Waals surface area contributed by atoms with Crippen molar-refractivity contribution in [1.82, 2.24) is 14.5 Å². The smallest absolute Gasteiger partial charge is 0.243 e. The molecule has 7 nitrogen and oxygen atoms in total. The Balaban J connectivity index is 0.00000300. The number of benzene rings is 1. The number of rotatable bonds is 5. The first kappa shape index (κ1) is 24.4. The van der Waals surface area contributed by atoms with Crippen LogP contribution in [0.1, 0.15) is 44.1 Å². The van der Waals surface area contributed by atoms with E-state index in [2.05, 4.69) is 15.2 Å². The number of nitrogens with two attached hydrogens (primary N) is 1. The number of nitrogens with one attached hydrogen (secondary N) is 1. The predicted octanol–water partition coefficient (Wildman–Crippen LogP) is 2.37. The van der Waals surface area contributed by atoms with Crippen molar-refractivity contribution in [2.24, 2.45) is 10.7 Å². The van der Waals surface area contributed by atoms with Gasteiger partial charge in [0.2, 0.25) is 10.0 Å². The Morgan fingerprint density at radius 1 is 1.10 bits per heavy atom. The summed E-state index contributed by atoms with van der Waals surface area (Å²) >= 11 is 0. The molecule has 3 N–H and O–H groups in total. The molecule has 1 aliphatic heterocycles. The molecule has 0 unspecified atom stereocenters.